The van der Waals surface area contributed by atoms with E-state index in [0.717, 1.165) is 18.4 Å². The summed E-state index contributed by atoms with van der Waals surface area (Å²) in [4.78, 5) is 11.9. The van der Waals surface area contributed by atoms with Crippen molar-refractivity contribution in [2.24, 2.45) is 0 Å². The first kappa shape index (κ1) is 18.6. The molecule has 0 spiro atoms. The maximum atomic E-state index is 12.6. The lowest BCUT2D eigenvalue weighted by atomic mass is 10.2. The number of anilines is 3. The number of hydrogen-bond donors (Lipinski definition) is 3. The third-order valence-corrected chi connectivity index (χ3v) is 3.48. The number of sulfonamides is 1. The van der Waals surface area contributed by atoms with Crippen molar-refractivity contribution in [1.29, 1.82) is 0 Å². The van der Waals surface area contributed by atoms with Gasteiger partial charge in [-0.2, -0.15) is 13.2 Å². The van der Waals surface area contributed by atoms with Crippen LogP contribution in [0, 0.1) is 0 Å². The Morgan fingerprint density at radius 1 is 0.920 bits per heavy atom. The molecule has 0 aliphatic heterocycles. The van der Waals surface area contributed by atoms with Crippen LogP contribution in [0.25, 0.3) is 0 Å². The highest BCUT2D eigenvalue weighted by Crippen LogP contribution is 2.30. The minimum absolute atomic E-state index is 0.0299. The number of carbonyl (C=O) groups is 1. The molecule has 0 saturated carbocycles. The number of nitrogens with one attached hydrogen (secondary N) is 3. The minimum Gasteiger partial charge on any atom is -0.308 e. The number of hydrogen-bond acceptors (Lipinski definition) is 3. The van der Waals surface area contributed by atoms with Crippen LogP contribution < -0.4 is 15.4 Å². The molecule has 0 aliphatic carbocycles. The van der Waals surface area contributed by atoms with E-state index in [1.165, 1.54) is 36.4 Å². The number of alkyl halides is 3. The van der Waals surface area contributed by atoms with Crippen molar-refractivity contribution in [3.8, 4) is 0 Å². The summed E-state index contributed by atoms with van der Waals surface area (Å²) >= 11 is 0. The van der Waals surface area contributed by atoms with Gasteiger partial charge in [0.25, 0.3) is 0 Å². The summed E-state index contributed by atoms with van der Waals surface area (Å²) in [5, 5.41) is 4.69. The first-order valence-corrected chi connectivity index (χ1v) is 8.75. The van der Waals surface area contributed by atoms with E-state index in [1.54, 1.807) is 0 Å². The summed E-state index contributed by atoms with van der Waals surface area (Å²) in [7, 11) is -3.47. The average molecular weight is 373 g/mol. The molecule has 0 saturated heterocycles. The van der Waals surface area contributed by atoms with Crippen LogP contribution in [-0.4, -0.2) is 20.7 Å². The minimum atomic E-state index is -4.51. The van der Waals surface area contributed by atoms with E-state index in [0.29, 0.717) is 0 Å². The van der Waals surface area contributed by atoms with Crippen LogP contribution in [0.1, 0.15) is 5.56 Å². The zero-order chi connectivity index (χ0) is 18.7. The molecule has 10 heteroatoms. The van der Waals surface area contributed by atoms with Gasteiger partial charge in [-0.3, -0.25) is 4.72 Å². The van der Waals surface area contributed by atoms with E-state index in [4.69, 9.17) is 0 Å². The van der Waals surface area contributed by atoms with Crippen LogP contribution >= 0.6 is 0 Å². The first-order chi connectivity index (χ1) is 11.5. The second-order valence-electron chi connectivity index (χ2n) is 5.11. The lowest BCUT2D eigenvalue weighted by Gasteiger charge is -2.11. The monoisotopic (exact) mass is 373 g/mol. The van der Waals surface area contributed by atoms with Crippen molar-refractivity contribution in [1.82, 2.24) is 0 Å². The Balaban J connectivity index is 2.07. The quantitative estimate of drug-likeness (QED) is 0.763. The standard InChI is InChI=1S/C15H14F3N3O3S/c1-25(23,24)21-13-7-3-6-12(9-13)20-14(22)19-11-5-2-4-10(8-11)15(16,17)18/h2-9,21H,1H3,(H2,19,20,22). The summed E-state index contributed by atoms with van der Waals surface area (Å²) in [6.07, 6.45) is -3.53. The van der Waals surface area contributed by atoms with Gasteiger partial charge in [0.2, 0.25) is 10.0 Å². The van der Waals surface area contributed by atoms with Crippen LogP contribution in [0.4, 0.5) is 35.0 Å². The third-order valence-electron chi connectivity index (χ3n) is 2.87. The predicted octanol–water partition coefficient (Wildman–Crippen LogP) is 3.72. The Labute approximate surface area is 142 Å². The molecular weight excluding hydrogens is 359 g/mol. The van der Waals surface area contributed by atoms with E-state index >= 15 is 0 Å². The molecule has 0 bridgehead atoms. The summed E-state index contributed by atoms with van der Waals surface area (Å²) in [6.45, 7) is 0. The highest BCUT2D eigenvalue weighted by atomic mass is 32.2. The van der Waals surface area contributed by atoms with Gasteiger partial charge in [0, 0.05) is 11.4 Å². The molecule has 2 aromatic carbocycles. The molecule has 0 atom stereocenters. The topological polar surface area (TPSA) is 87.3 Å². The van der Waals surface area contributed by atoms with E-state index in [-0.39, 0.29) is 17.1 Å². The number of amides is 2. The highest BCUT2D eigenvalue weighted by Gasteiger charge is 2.30. The molecule has 0 unspecified atom stereocenters. The van der Waals surface area contributed by atoms with Crippen molar-refractivity contribution in [2.45, 2.75) is 6.18 Å². The lowest BCUT2D eigenvalue weighted by molar-refractivity contribution is -0.137. The summed E-state index contributed by atoms with van der Waals surface area (Å²) in [5.74, 6) is 0. The van der Waals surface area contributed by atoms with Crippen molar-refractivity contribution in [3.63, 3.8) is 0 Å². The fraction of sp³-hybridized carbons (Fsp3) is 0.133. The van der Waals surface area contributed by atoms with Crippen molar-refractivity contribution < 1.29 is 26.4 Å². The first-order valence-electron chi connectivity index (χ1n) is 6.86. The van der Waals surface area contributed by atoms with Crippen LogP contribution in [0.15, 0.2) is 48.5 Å². The van der Waals surface area contributed by atoms with Gasteiger partial charge in [-0.25, -0.2) is 13.2 Å². The van der Waals surface area contributed by atoms with E-state index in [1.807, 2.05) is 0 Å². The fourth-order valence-corrected chi connectivity index (χ4v) is 2.50. The summed E-state index contributed by atoms with van der Waals surface area (Å²) in [5.41, 5.74) is -0.417. The number of benzene rings is 2. The molecule has 3 N–H and O–H groups in total. The van der Waals surface area contributed by atoms with Gasteiger partial charge >= 0.3 is 12.2 Å². The van der Waals surface area contributed by atoms with Gasteiger partial charge in [0.15, 0.2) is 0 Å². The highest BCUT2D eigenvalue weighted by molar-refractivity contribution is 7.92. The molecule has 0 aliphatic rings. The van der Waals surface area contributed by atoms with E-state index < -0.39 is 27.8 Å². The van der Waals surface area contributed by atoms with Crippen LogP contribution in [0.2, 0.25) is 0 Å². The molecule has 0 heterocycles. The Bertz CT molecular complexity index is 883. The van der Waals surface area contributed by atoms with Crippen LogP contribution in [-0.2, 0) is 16.2 Å². The molecule has 2 rings (SSSR count). The Morgan fingerprint density at radius 2 is 1.44 bits per heavy atom. The van der Waals surface area contributed by atoms with Crippen molar-refractivity contribution in [3.05, 3.63) is 54.1 Å². The number of rotatable bonds is 4. The molecule has 0 fully saturated rings. The number of carbonyl (C=O) groups excluding carboxylic acids is 1. The van der Waals surface area contributed by atoms with Gasteiger partial charge in [-0.1, -0.05) is 12.1 Å². The van der Waals surface area contributed by atoms with Crippen LogP contribution in [0.5, 0.6) is 0 Å². The number of urea groups is 1. The van der Waals surface area contributed by atoms with Gasteiger partial charge < -0.3 is 10.6 Å². The van der Waals surface area contributed by atoms with Crippen molar-refractivity contribution in [2.75, 3.05) is 21.6 Å². The van der Waals surface area contributed by atoms with Gasteiger partial charge in [-0.05, 0) is 36.4 Å². The molecule has 25 heavy (non-hydrogen) atoms. The van der Waals surface area contributed by atoms with E-state index in [9.17, 15) is 26.4 Å². The molecule has 0 aromatic heterocycles. The van der Waals surface area contributed by atoms with Gasteiger partial charge in [0.05, 0.1) is 17.5 Å². The second kappa shape index (κ2) is 7.01. The SMILES string of the molecule is CS(=O)(=O)Nc1cccc(NC(=O)Nc2cccc(C(F)(F)F)c2)c1. The Kier molecular flexibility index (Phi) is 5.21. The molecule has 2 amide bonds. The number of halogens is 3. The lowest BCUT2D eigenvalue weighted by Crippen LogP contribution is -2.20. The van der Waals surface area contributed by atoms with Crippen LogP contribution in [0.3, 0.4) is 0 Å². The van der Waals surface area contributed by atoms with Crippen molar-refractivity contribution >= 4 is 33.1 Å². The Morgan fingerprint density at radius 3 is 2.00 bits per heavy atom. The molecule has 134 valence electrons. The smallest absolute Gasteiger partial charge is 0.308 e. The largest absolute Gasteiger partial charge is 0.416 e. The maximum Gasteiger partial charge on any atom is 0.416 e. The molecule has 0 radical (unpaired) electrons. The molecule has 6 nitrogen and oxygen atoms in total. The summed E-state index contributed by atoms with van der Waals surface area (Å²) < 4.78 is 62.6. The van der Waals surface area contributed by atoms with Gasteiger partial charge in [-0.15, -0.1) is 0 Å². The molecular formula is C15H14F3N3O3S. The normalized spacial score (nSPS) is 11.7. The third kappa shape index (κ3) is 5.99. The zero-order valence-electron chi connectivity index (χ0n) is 12.9. The summed E-state index contributed by atoms with van der Waals surface area (Å²) in [6, 6.07) is 9.28. The van der Waals surface area contributed by atoms with E-state index in [2.05, 4.69) is 15.4 Å². The predicted molar refractivity (Wildman–Crippen MR) is 89.0 cm³/mol. The average Bonchev–Trinajstić information content (AvgIpc) is 2.45. The van der Waals surface area contributed by atoms with Gasteiger partial charge in [0.1, 0.15) is 0 Å². The second-order valence-corrected chi connectivity index (χ2v) is 6.86. The molecule has 2 aromatic rings. The zero-order valence-corrected chi connectivity index (χ0v) is 13.7. The Hall–Kier alpha value is -2.75. The maximum absolute atomic E-state index is 12.6. The fourth-order valence-electron chi connectivity index (χ4n) is 1.94.